The number of nitriles is 1. The number of carbonyl (C=O) groups excluding carboxylic acids is 2. The normalized spacial score (nSPS) is 11.9. The molecule has 8 heteroatoms. The quantitative estimate of drug-likeness (QED) is 0.644. The average Bonchev–Trinajstić information content (AvgIpc) is 3.04. The minimum Gasteiger partial charge on any atom is -0.323 e. The number of nitrogens with zero attached hydrogens (tertiary/aromatic N) is 2. The summed E-state index contributed by atoms with van der Waals surface area (Å²) in [5, 5.41) is 14.3. The van der Waals surface area contributed by atoms with Crippen molar-refractivity contribution in [1.29, 1.82) is 5.26 Å². The molecule has 2 rings (SSSR count). The number of nitrogens with one attached hydrogen (secondary N) is 1. The van der Waals surface area contributed by atoms with Gasteiger partial charge in [0.25, 0.3) is 0 Å². The summed E-state index contributed by atoms with van der Waals surface area (Å²) in [4.78, 5) is 28.1. The Balaban J connectivity index is 2.11. The first-order valence-corrected chi connectivity index (χ1v) is 7.92. The van der Waals surface area contributed by atoms with Gasteiger partial charge in [-0.15, -0.1) is 11.3 Å². The van der Waals surface area contributed by atoms with Gasteiger partial charge < -0.3 is 5.32 Å². The van der Waals surface area contributed by atoms with E-state index in [9.17, 15) is 9.59 Å². The molecule has 2 aromatic rings. The Hall–Kier alpha value is -2.20. The molecule has 0 bridgehead atoms. The van der Waals surface area contributed by atoms with Crippen LogP contribution >= 0.6 is 34.5 Å². The SMILES string of the molecule is N#CC(C(=O)C=Cc1nccs1)C(=O)Nc1cccc(Cl)c1Cl. The molecule has 0 aliphatic carbocycles. The maximum absolute atomic E-state index is 12.1. The van der Waals surface area contributed by atoms with Gasteiger partial charge in [0, 0.05) is 11.6 Å². The zero-order valence-corrected chi connectivity index (χ0v) is 13.8. The van der Waals surface area contributed by atoms with E-state index < -0.39 is 17.6 Å². The third-order valence-electron chi connectivity index (χ3n) is 2.73. The number of ketones is 1. The predicted molar refractivity (Wildman–Crippen MR) is 90.3 cm³/mol. The summed E-state index contributed by atoms with van der Waals surface area (Å²) in [6.45, 7) is 0. The van der Waals surface area contributed by atoms with Gasteiger partial charge in [-0.3, -0.25) is 9.59 Å². The molecule has 5 nitrogen and oxygen atoms in total. The van der Waals surface area contributed by atoms with E-state index in [0.29, 0.717) is 5.01 Å². The Morgan fingerprint density at radius 3 is 2.83 bits per heavy atom. The maximum atomic E-state index is 12.1. The third-order valence-corrected chi connectivity index (χ3v) is 4.29. The smallest absolute Gasteiger partial charge is 0.249 e. The second-order valence-corrected chi connectivity index (χ2v) is 5.97. The Morgan fingerprint density at radius 2 is 2.17 bits per heavy atom. The minimum absolute atomic E-state index is 0.144. The van der Waals surface area contributed by atoms with Crippen LogP contribution in [-0.4, -0.2) is 16.7 Å². The first kappa shape index (κ1) is 17.2. The third kappa shape index (κ3) is 4.39. The van der Waals surface area contributed by atoms with Crippen LogP contribution < -0.4 is 5.32 Å². The highest BCUT2D eigenvalue weighted by atomic mass is 35.5. The van der Waals surface area contributed by atoms with Crippen LogP contribution in [-0.2, 0) is 9.59 Å². The van der Waals surface area contributed by atoms with Gasteiger partial charge in [0.15, 0.2) is 11.7 Å². The molecule has 0 fully saturated rings. The molecule has 1 unspecified atom stereocenters. The van der Waals surface area contributed by atoms with Crippen molar-refractivity contribution in [1.82, 2.24) is 4.98 Å². The van der Waals surface area contributed by atoms with Gasteiger partial charge in [0.05, 0.1) is 21.8 Å². The number of benzene rings is 1. The zero-order valence-electron chi connectivity index (χ0n) is 11.5. The molecule has 1 aromatic carbocycles. The lowest BCUT2D eigenvalue weighted by Crippen LogP contribution is -2.27. The molecular formula is C15H9Cl2N3O2S. The maximum Gasteiger partial charge on any atom is 0.249 e. The highest BCUT2D eigenvalue weighted by Gasteiger charge is 2.25. The summed E-state index contributed by atoms with van der Waals surface area (Å²) < 4.78 is 0. The van der Waals surface area contributed by atoms with Crippen molar-refractivity contribution in [3.63, 3.8) is 0 Å². The van der Waals surface area contributed by atoms with E-state index in [1.165, 1.54) is 23.5 Å². The first-order valence-electron chi connectivity index (χ1n) is 6.29. The number of hydrogen-bond acceptors (Lipinski definition) is 5. The molecule has 23 heavy (non-hydrogen) atoms. The first-order chi connectivity index (χ1) is 11.0. The van der Waals surface area contributed by atoms with Gasteiger partial charge in [-0.2, -0.15) is 5.26 Å². The number of allylic oxidation sites excluding steroid dienone is 1. The van der Waals surface area contributed by atoms with Gasteiger partial charge in [0.2, 0.25) is 5.91 Å². The van der Waals surface area contributed by atoms with Crippen molar-refractivity contribution in [3.05, 3.63) is 50.9 Å². The molecule has 0 radical (unpaired) electrons. The lowest BCUT2D eigenvalue weighted by atomic mass is 10.0. The Bertz CT molecular complexity index is 798. The second-order valence-electron chi connectivity index (χ2n) is 4.26. The zero-order chi connectivity index (χ0) is 16.8. The molecule has 0 spiro atoms. The van der Waals surface area contributed by atoms with E-state index in [4.69, 9.17) is 28.5 Å². The number of halogens is 2. The molecule has 0 aliphatic rings. The molecule has 1 heterocycles. The van der Waals surface area contributed by atoms with Crippen molar-refractivity contribution in [2.75, 3.05) is 5.32 Å². The monoisotopic (exact) mass is 365 g/mol. The van der Waals surface area contributed by atoms with E-state index in [1.807, 2.05) is 0 Å². The van der Waals surface area contributed by atoms with Crippen LogP contribution in [0.5, 0.6) is 0 Å². The highest BCUT2D eigenvalue weighted by Crippen LogP contribution is 2.29. The summed E-state index contributed by atoms with van der Waals surface area (Å²) in [5.74, 6) is -2.90. The summed E-state index contributed by atoms with van der Waals surface area (Å²) >= 11 is 13.1. The lowest BCUT2D eigenvalue weighted by molar-refractivity contribution is -0.126. The van der Waals surface area contributed by atoms with Crippen molar-refractivity contribution in [2.45, 2.75) is 0 Å². The lowest BCUT2D eigenvalue weighted by Gasteiger charge is -2.10. The molecule has 1 atom stereocenters. The van der Waals surface area contributed by atoms with Crippen molar-refractivity contribution < 1.29 is 9.59 Å². The molecular weight excluding hydrogens is 357 g/mol. The predicted octanol–water partition coefficient (Wildman–Crippen LogP) is 3.81. The van der Waals surface area contributed by atoms with Gasteiger partial charge in [-0.05, 0) is 24.3 Å². The van der Waals surface area contributed by atoms with Crippen LogP contribution in [0.3, 0.4) is 0 Å². The van der Waals surface area contributed by atoms with E-state index in [0.717, 1.165) is 6.08 Å². The average molecular weight is 366 g/mol. The van der Waals surface area contributed by atoms with E-state index in [2.05, 4.69) is 10.3 Å². The van der Waals surface area contributed by atoms with Gasteiger partial charge >= 0.3 is 0 Å². The number of rotatable bonds is 5. The Labute approximate surface area is 146 Å². The van der Waals surface area contributed by atoms with Crippen molar-refractivity contribution >= 4 is 58.0 Å². The Kier molecular flexibility index (Phi) is 5.88. The van der Waals surface area contributed by atoms with Crippen LogP contribution in [0.15, 0.2) is 35.9 Å². The Morgan fingerprint density at radius 1 is 1.39 bits per heavy atom. The van der Waals surface area contributed by atoms with Gasteiger partial charge in [-0.25, -0.2) is 4.98 Å². The molecule has 1 amide bonds. The summed E-state index contributed by atoms with van der Waals surface area (Å²) in [6.07, 6.45) is 4.20. The molecule has 0 saturated heterocycles. The van der Waals surface area contributed by atoms with Crippen LogP contribution in [0.1, 0.15) is 5.01 Å². The fraction of sp³-hybridized carbons (Fsp3) is 0.0667. The second kappa shape index (κ2) is 7.88. The molecule has 1 N–H and O–H groups in total. The van der Waals surface area contributed by atoms with Gasteiger partial charge in [0.1, 0.15) is 5.01 Å². The van der Waals surface area contributed by atoms with Crippen LogP contribution in [0.2, 0.25) is 10.0 Å². The number of aromatic nitrogens is 1. The van der Waals surface area contributed by atoms with Crippen LogP contribution in [0.4, 0.5) is 5.69 Å². The van der Waals surface area contributed by atoms with Crippen molar-refractivity contribution in [3.8, 4) is 6.07 Å². The molecule has 116 valence electrons. The number of carbonyl (C=O) groups is 2. The minimum atomic E-state index is -1.48. The van der Waals surface area contributed by atoms with E-state index in [-0.39, 0.29) is 15.7 Å². The number of hydrogen-bond donors (Lipinski definition) is 1. The van der Waals surface area contributed by atoms with Gasteiger partial charge in [-0.1, -0.05) is 29.3 Å². The summed E-state index contributed by atoms with van der Waals surface area (Å²) in [5.41, 5.74) is 0.237. The highest BCUT2D eigenvalue weighted by molar-refractivity contribution is 7.10. The summed E-state index contributed by atoms with van der Waals surface area (Å²) in [7, 11) is 0. The fourth-order valence-electron chi connectivity index (χ4n) is 1.62. The fourth-order valence-corrected chi connectivity index (χ4v) is 2.50. The number of amides is 1. The van der Waals surface area contributed by atoms with Crippen LogP contribution in [0, 0.1) is 17.2 Å². The molecule has 0 aliphatic heterocycles. The van der Waals surface area contributed by atoms with Crippen molar-refractivity contribution in [2.24, 2.45) is 5.92 Å². The molecule has 0 saturated carbocycles. The van der Waals surface area contributed by atoms with E-state index in [1.54, 1.807) is 29.8 Å². The summed E-state index contributed by atoms with van der Waals surface area (Å²) in [6, 6.07) is 6.36. The largest absolute Gasteiger partial charge is 0.323 e. The van der Waals surface area contributed by atoms with Crippen LogP contribution in [0.25, 0.3) is 6.08 Å². The topological polar surface area (TPSA) is 82.8 Å². The number of thiazole rings is 1. The standard InChI is InChI=1S/C15H9Cl2N3O2S/c16-10-2-1-3-11(14(10)17)20-15(22)9(8-18)12(21)4-5-13-19-6-7-23-13/h1-7,9H,(H,20,22). The molecule has 1 aromatic heterocycles. The van der Waals surface area contributed by atoms with E-state index >= 15 is 0 Å². The number of anilines is 1.